The Bertz CT molecular complexity index is 909. The largest absolute Gasteiger partial charge is 0.326 e. The quantitative estimate of drug-likeness (QED) is 0.703. The number of amides is 3. The Balaban J connectivity index is 1.66. The second kappa shape index (κ2) is 7.14. The zero-order valence-electron chi connectivity index (χ0n) is 14.4. The zero-order chi connectivity index (χ0) is 19.6. The Hall–Kier alpha value is -3.29. The summed E-state index contributed by atoms with van der Waals surface area (Å²) in [4.78, 5) is 36.0. The summed E-state index contributed by atoms with van der Waals surface area (Å²) in [6.45, 7) is 1.38. The van der Waals surface area contributed by atoms with Crippen LogP contribution in [0.2, 0.25) is 0 Å². The molecule has 0 aromatic heterocycles. The van der Waals surface area contributed by atoms with Crippen LogP contribution in [-0.2, 0) is 14.4 Å². The van der Waals surface area contributed by atoms with Crippen molar-refractivity contribution in [3.8, 4) is 0 Å². The molecule has 3 N–H and O–H groups in total. The third kappa shape index (κ3) is 4.11. The highest BCUT2D eigenvalue weighted by atomic mass is 19.1. The minimum absolute atomic E-state index is 0.180. The lowest BCUT2D eigenvalue weighted by Gasteiger charge is -2.16. The molecule has 0 atom stereocenters. The molecule has 1 saturated carbocycles. The molecule has 0 spiro atoms. The molecular weight excluding hydrogens is 356 g/mol. The molecular formula is C19H17F2N3O3. The highest BCUT2D eigenvalue weighted by Gasteiger charge is 2.56. The summed E-state index contributed by atoms with van der Waals surface area (Å²) in [5, 5.41) is 7.60. The molecule has 3 amide bonds. The molecule has 27 heavy (non-hydrogen) atoms. The summed E-state index contributed by atoms with van der Waals surface area (Å²) >= 11 is 0. The maximum atomic E-state index is 13.7. The van der Waals surface area contributed by atoms with Gasteiger partial charge in [-0.3, -0.25) is 14.4 Å². The van der Waals surface area contributed by atoms with Gasteiger partial charge in [-0.15, -0.1) is 0 Å². The molecule has 8 heteroatoms. The van der Waals surface area contributed by atoms with Crippen LogP contribution in [0.5, 0.6) is 0 Å². The van der Waals surface area contributed by atoms with Crippen molar-refractivity contribution in [1.29, 1.82) is 0 Å². The summed E-state index contributed by atoms with van der Waals surface area (Å²) < 4.78 is 26.7. The van der Waals surface area contributed by atoms with E-state index in [1.807, 2.05) is 0 Å². The number of hydrogen-bond donors (Lipinski definition) is 3. The van der Waals surface area contributed by atoms with E-state index in [1.165, 1.54) is 6.92 Å². The summed E-state index contributed by atoms with van der Waals surface area (Å²) in [7, 11) is 0. The van der Waals surface area contributed by atoms with E-state index in [0.29, 0.717) is 30.3 Å². The maximum absolute atomic E-state index is 13.7. The van der Waals surface area contributed by atoms with Gasteiger partial charge in [0.1, 0.15) is 17.0 Å². The van der Waals surface area contributed by atoms with Gasteiger partial charge < -0.3 is 16.0 Å². The number of rotatable bonds is 5. The molecule has 0 saturated heterocycles. The Morgan fingerprint density at radius 3 is 1.93 bits per heavy atom. The van der Waals surface area contributed by atoms with Crippen LogP contribution in [0.3, 0.4) is 0 Å². The molecule has 3 rings (SSSR count). The second-order valence-corrected chi connectivity index (χ2v) is 6.37. The van der Waals surface area contributed by atoms with Gasteiger partial charge in [0.15, 0.2) is 0 Å². The zero-order valence-corrected chi connectivity index (χ0v) is 14.4. The van der Waals surface area contributed by atoms with E-state index in [4.69, 9.17) is 0 Å². The fourth-order valence-corrected chi connectivity index (χ4v) is 2.61. The number of benzene rings is 2. The average molecular weight is 373 g/mol. The third-order valence-electron chi connectivity index (χ3n) is 4.26. The molecule has 0 heterocycles. The first kappa shape index (κ1) is 18.5. The Morgan fingerprint density at radius 1 is 0.852 bits per heavy atom. The standard InChI is InChI=1S/C19H17F2N3O3/c1-11(25)22-13-3-5-14(6-4-13)23-17(26)19(8-9-19)18(27)24-16-7-2-12(20)10-15(16)21/h2-7,10H,8-9H2,1H3,(H,22,25)(H,23,26)(H,24,27). The molecule has 140 valence electrons. The van der Waals surface area contributed by atoms with Crippen LogP contribution in [0.15, 0.2) is 42.5 Å². The lowest BCUT2D eigenvalue weighted by Crippen LogP contribution is -2.35. The van der Waals surface area contributed by atoms with Gasteiger partial charge >= 0.3 is 0 Å². The van der Waals surface area contributed by atoms with Crippen LogP contribution >= 0.6 is 0 Å². The number of carbonyl (C=O) groups excluding carboxylic acids is 3. The van der Waals surface area contributed by atoms with E-state index >= 15 is 0 Å². The summed E-state index contributed by atoms with van der Waals surface area (Å²) in [5.74, 6) is -3.02. The van der Waals surface area contributed by atoms with Crippen molar-refractivity contribution >= 4 is 34.8 Å². The predicted molar refractivity (Wildman–Crippen MR) is 96.0 cm³/mol. The van der Waals surface area contributed by atoms with Gasteiger partial charge in [-0.25, -0.2) is 8.78 Å². The van der Waals surface area contributed by atoms with E-state index in [1.54, 1.807) is 24.3 Å². The molecule has 0 radical (unpaired) electrons. The fraction of sp³-hybridized carbons (Fsp3) is 0.211. The van der Waals surface area contributed by atoms with Crippen molar-refractivity contribution in [2.24, 2.45) is 5.41 Å². The van der Waals surface area contributed by atoms with Gasteiger partial charge in [0.25, 0.3) is 0 Å². The van der Waals surface area contributed by atoms with Gasteiger partial charge in [0.2, 0.25) is 17.7 Å². The van der Waals surface area contributed by atoms with Crippen molar-refractivity contribution in [2.75, 3.05) is 16.0 Å². The van der Waals surface area contributed by atoms with Crippen LogP contribution < -0.4 is 16.0 Å². The highest BCUT2D eigenvalue weighted by Crippen LogP contribution is 2.47. The number of nitrogens with one attached hydrogen (secondary N) is 3. The van der Waals surface area contributed by atoms with Gasteiger partial charge in [0.05, 0.1) is 5.69 Å². The average Bonchev–Trinajstić information content (AvgIpc) is 3.40. The van der Waals surface area contributed by atoms with E-state index in [2.05, 4.69) is 16.0 Å². The number of halogens is 2. The topological polar surface area (TPSA) is 87.3 Å². The summed E-state index contributed by atoms with van der Waals surface area (Å²) in [6.07, 6.45) is 0.662. The third-order valence-corrected chi connectivity index (χ3v) is 4.26. The SMILES string of the molecule is CC(=O)Nc1ccc(NC(=O)C2(C(=O)Nc3ccc(F)cc3F)CC2)cc1. The number of carbonyl (C=O) groups is 3. The highest BCUT2D eigenvalue weighted by molar-refractivity contribution is 6.17. The molecule has 6 nitrogen and oxygen atoms in total. The first-order chi connectivity index (χ1) is 12.8. The van der Waals surface area contributed by atoms with Crippen LogP contribution in [0.4, 0.5) is 25.8 Å². The Labute approximate surface area is 154 Å². The normalized spacial score (nSPS) is 14.2. The molecule has 2 aromatic rings. The minimum Gasteiger partial charge on any atom is -0.326 e. The maximum Gasteiger partial charge on any atom is 0.240 e. The lowest BCUT2D eigenvalue weighted by molar-refractivity contribution is -0.131. The first-order valence-corrected chi connectivity index (χ1v) is 8.26. The monoisotopic (exact) mass is 373 g/mol. The second-order valence-electron chi connectivity index (χ2n) is 6.37. The lowest BCUT2D eigenvalue weighted by atomic mass is 10.0. The summed E-state index contributed by atoms with van der Waals surface area (Å²) in [5.41, 5.74) is -0.427. The smallest absolute Gasteiger partial charge is 0.240 e. The van der Waals surface area contributed by atoms with E-state index < -0.39 is 28.9 Å². The molecule has 1 aliphatic rings. The minimum atomic E-state index is -1.28. The van der Waals surface area contributed by atoms with Gasteiger partial charge in [-0.1, -0.05) is 0 Å². The van der Waals surface area contributed by atoms with Crippen LogP contribution in [0.25, 0.3) is 0 Å². The fourth-order valence-electron chi connectivity index (χ4n) is 2.61. The Morgan fingerprint density at radius 2 is 1.41 bits per heavy atom. The van der Waals surface area contributed by atoms with Crippen LogP contribution in [-0.4, -0.2) is 17.7 Å². The van der Waals surface area contributed by atoms with Crippen molar-refractivity contribution < 1.29 is 23.2 Å². The molecule has 0 bridgehead atoms. The van der Waals surface area contributed by atoms with Gasteiger partial charge in [0, 0.05) is 24.4 Å². The number of anilines is 3. The van der Waals surface area contributed by atoms with Crippen LogP contribution in [0.1, 0.15) is 19.8 Å². The van der Waals surface area contributed by atoms with E-state index in [0.717, 1.165) is 12.1 Å². The number of hydrogen-bond acceptors (Lipinski definition) is 3. The van der Waals surface area contributed by atoms with Crippen molar-refractivity contribution in [2.45, 2.75) is 19.8 Å². The van der Waals surface area contributed by atoms with E-state index in [-0.39, 0.29) is 11.6 Å². The van der Waals surface area contributed by atoms with Gasteiger partial charge in [-0.05, 0) is 49.2 Å². The molecule has 1 aliphatic carbocycles. The molecule has 2 aromatic carbocycles. The van der Waals surface area contributed by atoms with Crippen molar-refractivity contribution in [3.63, 3.8) is 0 Å². The van der Waals surface area contributed by atoms with Gasteiger partial charge in [-0.2, -0.15) is 0 Å². The Kier molecular flexibility index (Phi) is 4.89. The molecule has 0 aliphatic heterocycles. The van der Waals surface area contributed by atoms with E-state index in [9.17, 15) is 23.2 Å². The first-order valence-electron chi connectivity index (χ1n) is 8.26. The van der Waals surface area contributed by atoms with Crippen molar-refractivity contribution in [1.82, 2.24) is 0 Å². The van der Waals surface area contributed by atoms with Crippen LogP contribution in [0, 0.1) is 17.0 Å². The molecule has 0 unspecified atom stereocenters. The molecule has 1 fully saturated rings. The predicted octanol–water partition coefficient (Wildman–Crippen LogP) is 3.28. The van der Waals surface area contributed by atoms with Crippen molar-refractivity contribution in [3.05, 3.63) is 54.1 Å². The summed E-state index contributed by atoms with van der Waals surface area (Å²) in [6, 6.07) is 9.21.